The molecule has 0 aliphatic heterocycles. The van der Waals surface area contributed by atoms with Crippen LogP contribution in [-0.4, -0.2) is 15.6 Å². The van der Waals surface area contributed by atoms with Gasteiger partial charge in [0, 0.05) is 41.8 Å². The molecule has 3 aromatic carbocycles. The largest absolute Gasteiger partial charge is 0.478 e. The molecule has 0 bridgehead atoms. The highest BCUT2D eigenvalue weighted by Crippen LogP contribution is 2.23. The highest BCUT2D eigenvalue weighted by Gasteiger charge is 2.09. The first-order valence-corrected chi connectivity index (χ1v) is 9.82. The Labute approximate surface area is 174 Å². The number of hydrogen-bond donors (Lipinski definition) is 2. The van der Waals surface area contributed by atoms with Crippen LogP contribution in [-0.2, 0) is 19.6 Å². The molecule has 0 atom stereocenters. The number of benzene rings is 3. The molecule has 4 aromatic rings. The van der Waals surface area contributed by atoms with E-state index >= 15 is 0 Å². The van der Waals surface area contributed by atoms with Gasteiger partial charge in [-0.05, 0) is 47.0 Å². The van der Waals surface area contributed by atoms with Crippen molar-refractivity contribution < 1.29 is 9.90 Å². The van der Waals surface area contributed by atoms with Crippen molar-refractivity contribution >= 4 is 28.5 Å². The molecule has 0 saturated heterocycles. The Kier molecular flexibility index (Phi) is 5.65. The van der Waals surface area contributed by atoms with Crippen molar-refractivity contribution in [2.24, 2.45) is 0 Å². The van der Waals surface area contributed by atoms with E-state index < -0.39 is 5.97 Å². The molecule has 5 heteroatoms. The van der Waals surface area contributed by atoms with Gasteiger partial charge in [-0.1, -0.05) is 54.1 Å². The van der Waals surface area contributed by atoms with E-state index in [1.54, 1.807) is 12.1 Å². The van der Waals surface area contributed by atoms with Crippen LogP contribution in [0.25, 0.3) is 10.9 Å². The first-order chi connectivity index (χ1) is 14.1. The maximum Gasteiger partial charge on any atom is 0.335 e. The molecule has 0 radical (unpaired) electrons. The van der Waals surface area contributed by atoms with Crippen molar-refractivity contribution in [3.8, 4) is 0 Å². The first-order valence-electron chi connectivity index (χ1n) is 9.44. The van der Waals surface area contributed by atoms with Gasteiger partial charge in [-0.3, -0.25) is 0 Å². The smallest absolute Gasteiger partial charge is 0.335 e. The van der Waals surface area contributed by atoms with Gasteiger partial charge in [0.05, 0.1) is 5.56 Å². The number of aromatic nitrogens is 1. The second-order valence-electron chi connectivity index (χ2n) is 7.03. The molecule has 0 unspecified atom stereocenters. The highest BCUT2D eigenvalue weighted by atomic mass is 35.5. The highest BCUT2D eigenvalue weighted by molar-refractivity contribution is 6.30. The summed E-state index contributed by atoms with van der Waals surface area (Å²) in [4.78, 5) is 11.0. The molecule has 2 N–H and O–H groups in total. The maximum atomic E-state index is 11.0. The zero-order chi connectivity index (χ0) is 20.2. The molecule has 0 fully saturated rings. The third-order valence-electron chi connectivity index (χ3n) is 4.96. The summed E-state index contributed by atoms with van der Waals surface area (Å²) >= 11 is 6.14. The summed E-state index contributed by atoms with van der Waals surface area (Å²) in [6, 6.07) is 23.3. The molecule has 0 aliphatic carbocycles. The predicted octanol–water partition coefficient (Wildman–Crippen LogP) is 5.33. The molecule has 0 spiro atoms. The summed E-state index contributed by atoms with van der Waals surface area (Å²) in [6.07, 6.45) is 2.19. The number of rotatable bonds is 7. The lowest BCUT2D eigenvalue weighted by Crippen LogP contribution is -2.12. The fraction of sp³-hybridized carbons (Fsp3) is 0.125. The molecule has 0 aliphatic rings. The van der Waals surface area contributed by atoms with E-state index in [4.69, 9.17) is 16.7 Å². The van der Waals surface area contributed by atoms with Crippen LogP contribution in [0.3, 0.4) is 0 Å². The lowest BCUT2D eigenvalue weighted by molar-refractivity contribution is 0.0697. The molecule has 29 heavy (non-hydrogen) atoms. The van der Waals surface area contributed by atoms with Crippen LogP contribution in [0.1, 0.15) is 27.0 Å². The molecular formula is C24H21ClN2O2. The van der Waals surface area contributed by atoms with E-state index in [-0.39, 0.29) is 0 Å². The first kappa shape index (κ1) is 19.2. The van der Waals surface area contributed by atoms with Gasteiger partial charge in [-0.25, -0.2) is 4.79 Å². The summed E-state index contributed by atoms with van der Waals surface area (Å²) in [5, 5.41) is 14.4. The van der Waals surface area contributed by atoms with Gasteiger partial charge in [0.25, 0.3) is 0 Å². The monoisotopic (exact) mass is 404 g/mol. The van der Waals surface area contributed by atoms with Crippen LogP contribution in [0.5, 0.6) is 0 Å². The topological polar surface area (TPSA) is 54.3 Å². The molecule has 1 aromatic heterocycles. The Morgan fingerprint density at radius 3 is 2.48 bits per heavy atom. The van der Waals surface area contributed by atoms with Crippen LogP contribution < -0.4 is 5.32 Å². The number of para-hydroxylation sites is 1. The van der Waals surface area contributed by atoms with E-state index in [0.717, 1.165) is 29.2 Å². The molecule has 0 amide bonds. The Bertz CT molecular complexity index is 1150. The third kappa shape index (κ3) is 4.50. The van der Waals surface area contributed by atoms with Crippen LogP contribution in [0.15, 0.2) is 79.0 Å². The Morgan fingerprint density at radius 1 is 0.931 bits per heavy atom. The summed E-state index contributed by atoms with van der Waals surface area (Å²) in [5.74, 6) is -0.906. The van der Waals surface area contributed by atoms with Crippen LogP contribution in [0, 0.1) is 0 Å². The number of nitrogens with zero attached hydrogens (tertiary/aromatic N) is 1. The molecule has 146 valence electrons. The number of fused-ring (bicyclic) bond motifs is 1. The number of nitrogens with one attached hydrogen (secondary N) is 1. The minimum absolute atomic E-state index is 0.304. The standard InChI is InChI=1S/C24H21ClN2O2/c25-21-5-3-4-18(12-21)15-27-16-20(22-6-1-2-7-23(22)27)14-26-13-17-8-10-19(11-9-17)24(28)29/h1-12,16,26H,13-15H2,(H,28,29). The summed E-state index contributed by atoms with van der Waals surface area (Å²) in [6.45, 7) is 2.16. The fourth-order valence-electron chi connectivity index (χ4n) is 3.53. The van der Waals surface area contributed by atoms with E-state index in [1.165, 1.54) is 16.5 Å². The normalized spacial score (nSPS) is 11.1. The molecular weight excluding hydrogens is 384 g/mol. The summed E-state index contributed by atoms with van der Waals surface area (Å²) < 4.78 is 2.25. The van der Waals surface area contributed by atoms with Gasteiger partial charge in [0.1, 0.15) is 0 Å². The number of halogens is 1. The summed E-state index contributed by atoms with van der Waals surface area (Å²) in [5.41, 5.74) is 4.94. The van der Waals surface area contributed by atoms with Gasteiger partial charge < -0.3 is 15.0 Å². The van der Waals surface area contributed by atoms with E-state index in [1.807, 2.05) is 30.3 Å². The number of carboxylic acids is 1. The lowest BCUT2D eigenvalue weighted by atomic mass is 10.1. The van der Waals surface area contributed by atoms with E-state index in [2.05, 4.69) is 46.4 Å². The van der Waals surface area contributed by atoms with Gasteiger partial charge >= 0.3 is 5.97 Å². The number of carbonyl (C=O) groups is 1. The van der Waals surface area contributed by atoms with Gasteiger partial charge in [0.15, 0.2) is 0 Å². The Morgan fingerprint density at radius 2 is 1.72 bits per heavy atom. The maximum absolute atomic E-state index is 11.0. The number of carboxylic acid groups (broad SMARTS) is 1. The van der Waals surface area contributed by atoms with Gasteiger partial charge in [-0.15, -0.1) is 0 Å². The van der Waals surface area contributed by atoms with Crippen molar-refractivity contribution in [2.45, 2.75) is 19.6 Å². The van der Waals surface area contributed by atoms with Crippen molar-refractivity contribution in [1.29, 1.82) is 0 Å². The predicted molar refractivity (Wildman–Crippen MR) is 116 cm³/mol. The van der Waals surface area contributed by atoms with Crippen LogP contribution in [0.2, 0.25) is 5.02 Å². The summed E-state index contributed by atoms with van der Waals surface area (Å²) in [7, 11) is 0. The third-order valence-corrected chi connectivity index (χ3v) is 5.19. The van der Waals surface area contributed by atoms with Crippen molar-refractivity contribution in [2.75, 3.05) is 0 Å². The van der Waals surface area contributed by atoms with Crippen molar-refractivity contribution in [1.82, 2.24) is 9.88 Å². The molecule has 1 heterocycles. The molecule has 4 rings (SSSR count). The van der Waals surface area contributed by atoms with Crippen LogP contribution >= 0.6 is 11.6 Å². The van der Waals surface area contributed by atoms with Crippen molar-refractivity contribution in [3.05, 3.63) is 106 Å². The van der Waals surface area contributed by atoms with E-state index in [9.17, 15) is 4.79 Å². The second kappa shape index (κ2) is 8.52. The van der Waals surface area contributed by atoms with Gasteiger partial charge in [0.2, 0.25) is 0 Å². The SMILES string of the molecule is O=C(O)c1ccc(CNCc2cn(Cc3cccc(Cl)c3)c3ccccc23)cc1. The lowest BCUT2D eigenvalue weighted by Gasteiger charge is -2.06. The van der Waals surface area contributed by atoms with E-state index in [0.29, 0.717) is 12.1 Å². The molecule has 0 saturated carbocycles. The average molecular weight is 405 g/mol. The number of aromatic carboxylic acids is 1. The van der Waals surface area contributed by atoms with Crippen molar-refractivity contribution in [3.63, 3.8) is 0 Å². The second-order valence-corrected chi connectivity index (χ2v) is 7.47. The quantitative estimate of drug-likeness (QED) is 0.437. The Hall–Kier alpha value is -3.08. The zero-order valence-corrected chi connectivity index (χ0v) is 16.6. The minimum Gasteiger partial charge on any atom is -0.478 e. The number of hydrogen-bond acceptors (Lipinski definition) is 2. The van der Waals surface area contributed by atoms with Crippen LogP contribution in [0.4, 0.5) is 0 Å². The minimum atomic E-state index is -0.906. The fourth-order valence-corrected chi connectivity index (χ4v) is 3.75. The average Bonchev–Trinajstić information content (AvgIpc) is 3.06. The van der Waals surface area contributed by atoms with Gasteiger partial charge in [-0.2, -0.15) is 0 Å². The molecule has 4 nitrogen and oxygen atoms in total. The zero-order valence-electron chi connectivity index (χ0n) is 15.8. The Balaban J connectivity index is 1.49.